The molecule has 3 rings (SSSR count). The molecule has 0 saturated carbocycles. The van der Waals surface area contributed by atoms with Crippen LogP contribution in [0.2, 0.25) is 0 Å². The summed E-state index contributed by atoms with van der Waals surface area (Å²) >= 11 is 0. The second-order valence-corrected chi connectivity index (χ2v) is 6.09. The van der Waals surface area contributed by atoms with Gasteiger partial charge in [0.1, 0.15) is 17.3 Å². The number of rotatable bonds is 7. The van der Waals surface area contributed by atoms with Crippen LogP contribution in [0, 0.1) is 0 Å². The topological polar surface area (TPSA) is 73.3 Å². The molecular weight excluding hydrogens is 354 g/mol. The zero-order chi connectivity index (χ0) is 19.9. The summed E-state index contributed by atoms with van der Waals surface area (Å²) < 4.78 is 10.7. The van der Waals surface area contributed by atoms with Crippen molar-refractivity contribution >= 4 is 5.91 Å². The van der Waals surface area contributed by atoms with Crippen LogP contribution in [0.25, 0.3) is 22.5 Å². The third-order valence-electron chi connectivity index (χ3n) is 4.22. The molecule has 6 heteroatoms. The van der Waals surface area contributed by atoms with Crippen molar-refractivity contribution in [2.45, 2.75) is 13.3 Å². The van der Waals surface area contributed by atoms with E-state index in [4.69, 9.17) is 9.47 Å². The number of nitrogens with zero attached hydrogens (tertiary/aromatic N) is 2. The lowest BCUT2D eigenvalue weighted by atomic mass is 10.1. The lowest BCUT2D eigenvalue weighted by Crippen LogP contribution is -2.21. The fourth-order valence-corrected chi connectivity index (χ4v) is 2.75. The van der Waals surface area contributed by atoms with Crippen molar-refractivity contribution in [2.24, 2.45) is 0 Å². The normalized spacial score (nSPS) is 10.4. The van der Waals surface area contributed by atoms with E-state index in [0.717, 1.165) is 34.0 Å². The zero-order valence-corrected chi connectivity index (χ0v) is 16.2. The van der Waals surface area contributed by atoms with Crippen molar-refractivity contribution in [1.82, 2.24) is 15.3 Å². The molecule has 0 atom stereocenters. The van der Waals surface area contributed by atoms with Crippen LogP contribution < -0.4 is 14.8 Å². The van der Waals surface area contributed by atoms with Crippen LogP contribution >= 0.6 is 0 Å². The van der Waals surface area contributed by atoms with E-state index < -0.39 is 0 Å². The standard InChI is InChI=1S/C22H23N3O3/c1-4-28-18-11-7-16(8-12-18)20-13-19(15-5-9-17(27-3)10-6-15)24-21(25-20)14-22(26)23-2/h5-13H,4,14H2,1-3H3,(H,23,26). The molecule has 3 aromatic rings. The number of carbonyl (C=O) groups is 1. The van der Waals surface area contributed by atoms with Crippen LogP contribution in [0.3, 0.4) is 0 Å². The van der Waals surface area contributed by atoms with Crippen LogP contribution in [-0.2, 0) is 11.2 Å². The molecule has 0 bridgehead atoms. The Morgan fingerprint density at radius 1 is 0.929 bits per heavy atom. The number of methoxy groups -OCH3 is 1. The van der Waals surface area contributed by atoms with Crippen LogP contribution in [0.4, 0.5) is 0 Å². The zero-order valence-electron chi connectivity index (χ0n) is 16.2. The van der Waals surface area contributed by atoms with Crippen molar-refractivity contribution in [1.29, 1.82) is 0 Å². The predicted molar refractivity (Wildman–Crippen MR) is 108 cm³/mol. The molecule has 1 heterocycles. The van der Waals surface area contributed by atoms with E-state index >= 15 is 0 Å². The molecule has 0 aliphatic heterocycles. The summed E-state index contributed by atoms with van der Waals surface area (Å²) in [6.07, 6.45) is 0.116. The van der Waals surface area contributed by atoms with Crippen molar-refractivity contribution in [3.8, 4) is 34.0 Å². The van der Waals surface area contributed by atoms with Crippen molar-refractivity contribution in [3.05, 3.63) is 60.4 Å². The molecule has 144 valence electrons. The molecule has 0 saturated heterocycles. The van der Waals surface area contributed by atoms with E-state index in [0.29, 0.717) is 12.4 Å². The molecule has 1 N–H and O–H groups in total. The highest BCUT2D eigenvalue weighted by Gasteiger charge is 2.12. The maximum atomic E-state index is 11.9. The number of carbonyl (C=O) groups excluding carboxylic acids is 1. The van der Waals surface area contributed by atoms with Gasteiger partial charge in [-0.05, 0) is 61.5 Å². The summed E-state index contributed by atoms with van der Waals surface area (Å²) in [7, 11) is 3.23. The minimum Gasteiger partial charge on any atom is -0.497 e. The van der Waals surface area contributed by atoms with E-state index in [-0.39, 0.29) is 12.3 Å². The summed E-state index contributed by atoms with van der Waals surface area (Å²) in [6, 6.07) is 17.3. The first-order valence-corrected chi connectivity index (χ1v) is 9.09. The molecule has 2 aromatic carbocycles. The van der Waals surface area contributed by atoms with Crippen LogP contribution in [-0.4, -0.2) is 36.6 Å². The molecular formula is C22H23N3O3. The van der Waals surface area contributed by atoms with Gasteiger partial charge in [0.15, 0.2) is 0 Å². The Morgan fingerprint density at radius 3 is 1.93 bits per heavy atom. The Kier molecular flexibility index (Phi) is 6.22. The first-order valence-electron chi connectivity index (χ1n) is 9.09. The van der Waals surface area contributed by atoms with Gasteiger partial charge in [-0.2, -0.15) is 0 Å². The molecule has 28 heavy (non-hydrogen) atoms. The quantitative estimate of drug-likeness (QED) is 0.682. The van der Waals surface area contributed by atoms with Crippen molar-refractivity contribution in [2.75, 3.05) is 20.8 Å². The summed E-state index contributed by atoms with van der Waals surface area (Å²) in [5.74, 6) is 1.91. The van der Waals surface area contributed by atoms with Gasteiger partial charge in [0, 0.05) is 18.2 Å². The Balaban J connectivity index is 2.02. The fraction of sp³-hybridized carbons (Fsp3) is 0.227. The number of amides is 1. The third-order valence-corrected chi connectivity index (χ3v) is 4.22. The van der Waals surface area contributed by atoms with Gasteiger partial charge < -0.3 is 14.8 Å². The molecule has 0 aliphatic carbocycles. The maximum absolute atomic E-state index is 11.9. The number of hydrogen-bond acceptors (Lipinski definition) is 5. The Labute approximate surface area is 164 Å². The van der Waals surface area contributed by atoms with Crippen molar-refractivity contribution in [3.63, 3.8) is 0 Å². The number of nitrogens with one attached hydrogen (secondary N) is 1. The monoisotopic (exact) mass is 377 g/mol. The Morgan fingerprint density at radius 2 is 1.46 bits per heavy atom. The van der Waals surface area contributed by atoms with E-state index in [9.17, 15) is 4.79 Å². The van der Waals surface area contributed by atoms with Gasteiger partial charge in [0.05, 0.1) is 31.5 Å². The SMILES string of the molecule is CCOc1ccc(-c2cc(-c3ccc(OC)cc3)nc(CC(=O)NC)n2)cc1. The first kappa shape index (κ1) is 19.4. The maximum Gasteiger partial charge on any atom is 0.227 e. The second kappa shape index (κ2) is 8.99. The van der Waals surface area contributed by atoms with Gasteiger partial charge >= 0.3 is 0 Å². The summed E-state index contributed by atoms with van der Waals surface area (Å²) in [6.45, 7) is 2.56. The highest BCUT2D eigenvalue weighted by molar-refractivity contribution is 5.78. The fourth-order valence-electron chi connectivity index (χ4n) is 2.75. The lowest BCUT2D eigenvalue weighted by molar-refractivity contribution is -0.120. The number of likely N-dealkylation sites (N-methyl/N-ethyl adjacent to an activating group) is 1. The largest absolute Gasteiger partial charge is 0.497 e. The van der Waals surface area contributed by atoms with Crippen LogP contribution in [0.5, 0.6) is 11.5 Å². The van der Waals surface area contributed by atoms with Crippen molar-refractivity contribution < 1.29 is 14.3 Å². The predicted octanol–water partition coefficient (Wildman–Crippen LogP) is 3.51. The number of aromatic nitrogens is 2. The first-order chi connectivity index (χ1) is 13.6. The van der Waals surface area contributed by atoms with Gasteiger partial charge in [0.25, 0.3) is 0 Å². The van der Waals surface area contributed by atoms with Gasteiger partial charge in [0.2, 0.25) is 5.91 Å². The summed E-state index contributed by atoms with van der Waals surface area (Å²) in [5, 5.41) is 2.62. The molecule has 0 aliphatic rings. The second-order valence-electron chi connectivity index (χ2n) is 6.09. The number of benzene rings is 2. The lowest BCUT2D eigenvalue weighted by Gasteiger charge is -2.10. The van der Waals surface area contributed by atoms with E-state index in [1.807, 2.05) is 61.5 Å². The average Bonchev–Trinajstić information content (AvgIpc) is 2.74. The minimum atomic E-state index is -0.135. The smallest absolute Gasteiger partial charge is 0.227 e. The van der Waals surface area contributed by atoms with Crippen LogP contribution in [0.1, 0.15) is 12.7 Å². The minimum absolute atomic E-state index is 0.116. The molecule has 1 amide bonds. The van der Waals surface area contributed by atoms with Gasteiger partial charge in [-0.1, -0.05) is 0 Å². The highest BCUT2D eigenvalue weighted by Crippen LogP contribution is 2.27. The number of hydrogen-bond donors (Lipinski definition) is 1. The molecule has 0 unspecified atom stereocenters. The molecule has 0 radical (unpaired) electrons. The molecule has 0 fully saturated rings. The van der Waals surface area contributed by atoms with Gasteiger partial charge in [-0.3, -0.25) is 4.79 Å². The van der Waals surface area contributed by atoms with E-state index in [1.165, 1.54) is 0 Å². The Hall–Kier alpha value is -3.41. The molecule has 0 spiro atoms. The Bertz CT molecular complexity index is 938. The third kappa shape index (κ3) is 4.65. The number of ether oxygens (including phenoxy) is 2. The van der Waals surface area contributed by atoms with Gasteiger partial charge in [-0.15, -0.1) is 0 Å². The van der Waals surface area contributed by atoms with E-state index in [2.05, 4.69) is 15.3 Å². The van der Waals surface area contributed by atoms with Gasteiger partial charge in [-0.25, -0.2) is 9.97 Å². The molecule has 1 aromatic heterocycles. The van der Waals surface area contributed by atoms with E-state index in [1.54, 1.807) is 14.2 Å². The average molecular weight is 377 g/mol. The highest BCUT2D eigenvalue weighted by atomic mass is 16.5. The summed E-state index contributed by atoms with van der Waals surface area (Å²) in [5.41, 5.74) is 3.36. The summed E-state index contributed by atoms with van der Waals surface area (Å²) in [4.78, 5) is 21.0. The van der Waals surface area contributed by atoms with Crippen LogP contribution in [0.15, 0.2) is 54.6 Å². The molecule has 6 nitrogen and oxygen atoms in total.